The number of rotatable bonds is 2. The second kappa shape index (κ2) is 7.14. The molecule has 1 aromatic heterocycles. The van der Waals surface area contributed by atoms with Crippen LogP contribution >= 0.6 is 22.9 Å². The Morgan fingerprint density at radius 1 is 1.11 bits per heavy atom. The van der Waals surface area contributed by atoms with Gasteiger partial charge in [-0.05, 0) is 30.3 Å². The first kappa shape index (κ1) is 17.6. The Labute approximate surface area is 171 Å². The predicted octanol–water partition coefficient (Wildman–Crippen LogP) is 3.44. The maximum atomic E-state index is 12.9. The zero-order valence-corrected chi connectivity index (χ0v) is 16.6. The second-order valence-corrected chi connectivity index (χ2v) is 8.23. The lowest BCUT2D eigenvalue weighted by molar-refractivity contribution is -0.141. The van der Waals surface area contributed by atoms with Gasteiger partial charge in [0.15, 0.2) is 16.6 Å². The van der Waals surface area contributed by atoms with Crippen LogP contribution in [0.4, 0.5) is 5.13 Å². The van der Waals surface area contributed by atoms with E-state index in [-0.39, 0.29) is 12.5 Å². The summed E-state index contributed by atoms with van der Waals surface area (Å²) < 4.78 is 12.6. The van der Waals surface area contributed by atoms with E-state index in [0.29, 0.717) is 24.6 Å². The van der Waals surface area contributed by atoms with Crippen molar-refractivity contribution in [1.29, 1.82) is 0 Å². The Bertz CT molecular complexity index is 1030. The molecule has 1 atom stereocenters. The van der Waals surface area contributed by atoms with Crippen molar-refractivity contribution in [2.75, 3.05) is 37.7 Å². The fourth-order valence-corrected chi connectivity index (χ4v) is 4.78. The highest BCUT2D eigenvalue weighted by atomic mass is 35.5. The monoisotopic (exact) mass is 415 g/mol. The maximum Gasteiger partial charge on any atom is 0.267 e. The minimum Gasteiger partial charge on any atom is -0.485 e. The summed E-state index contributed by atoms with van der Waals surface area (Å²) in [6.07, 6.45) is -0.592. The molecule has 2 aliphatic heterocycles. The van der Waals surface area contributed by atoms with E-state index in [1.54, 1.807) is 11.3 Å². The standard InChI is InChI=1S/C20H18ClN3O3S/c21-13-5-6-14-18(11-13)28-20(22-14)24-9-7-23(8-10-24)19(25)17-12-26-15-3-1-2-4-16(15)27-17/h1-6,11,17H,7-10,12H2/t17-/m1/s1. The highest BCUT2D eigenvalue weighted by molar-refractivity contribution is 7.22. The Hall–Kier alpha value is -2.51. The molecule has 1 amide bonds. The average Bonchev–Trinajstić information content (AvgIpc) is 3.16. The molecule has 0 spiro atoms. The molecule has 0 aliphatic carbocycles. The van der Waals surface area contributed by atoms with Crippen molar-refractivity contribution >= 4 is 44.2 Å². The number of amides is 1. The molecule has 0 saturated carbocycles. The molecule has 5 rings (SSSR count). The number of halogens is 1. The summed E-state index contributed by atoms with van der Waals surface area (Å²) in [5.41, 5.74) is 0.953. The number of fused-ring (bicyclic) bond motifs is 2. The van der Waals surface area contributed by atoms with Gasteiger partial charge < -0.3 is 19.3 Å². The van der Waals surface area contributed by atoms with Crippen molar-refractivity contribution < 1.29 is 14.3 Å². The molecule has 3 heterocycles. The van der Waals surface area contributed by atoms with E-state index in [0.717, 1.165) is 33.5 Å². The minimum absolute atomic E-state index is 0.0229. The van der Waals surface area contributed by atoms with Crippen LogP contribution in [0.3, 0.4) is 0 Å². The number of hydrogen-bond donors (Lipinski definition) is 0. The van der Waals surface area contributed by atoms with Gasteiger partial charge in [-0.2, -0.15) is 0 Å². The molecule has 0 bridgehead atoms. The Kier molecular flexibility index (Phi) is 4.49. The first-order valence-electron chi connectivity index (χ1n) is 9.16. The number of benzene rings is 2. The van der Waals surface area contributed by atoms with E-state index in [1.807, 2.05) is 47.4 Å². The van der Waals surface area contributed by atoms with E-state index in [1.165, 1.54) is 0 Å². The van der Waals surface area contributed by atoms with Gasteiger partial charge in [-0.1, -0.05) is 35.1 Å². The van der Waals surface area contributed by atoms with Gasteiger partial charge in [-0.25, -0.2) is 4.98 Å². The molecule has 1 fully saturated rings. The highest BCUT2D eigenvalue weighted by Crippen LogP contribution is 2.33. The van der Waals surface area contributed by atoms with Crippen molar-refractivity contribution in [3.05, 3.63) is 47.5 Å². The van der Waals surface area contributed by atoms with E-state index in [4.69, 9.17) is 26.1 Å². The number of aromatic nitrogens is 1. The molecule has 6 nitrogen and oxygen atoms in total. The number of piperazine rings is 1. The van der Waals surface area contributed by atoms with Crippen LogP contribution in [0.25, 0.3) is 10.2 Å². The molecule has 28 heavy (non-hydrogen) atoms. The van der Waals surface area contributed by atoms with Crippen LogP contribution in [0.2, 0.25) is 5.02 Å². The van der Waals surface area contributed by atoms with E-state index < -0.39 is 6.10 Å². The lowest BCUT2D eigenvalue weighted by Gasteiger charge is -2.37. The molecule has 144 valence electrons. The third-order valence-electron chi connectivity index (χ3n) is 4.99. The molecular weight excluding hydrogens is 398 g/mol. The zero-order chi connectivity index (χ0) is 19.1. The van der Waals surface area contributed by atoms with Crippen LogP contribution in [0, 0.1) is 0 Å². The second-order valence-electron chi connectivity index (χ2n) is 6.79. The van der Waals surface area contributed by atoms with E-state index in [9.17, 15) is 4.79 Å². The van der Waals surface area contributed by atoms with Gasteiger partial charge in [0.25, 0.3) is 5.91 Å². The van der Waals surface area contributed by atoms with Crippen molar-refractivity contribution in [3.63, 3.8) is 0 Å². The van der Waals surface area contributed by atoms with Crippen LogP contribution in [0.1, 0.15) is 0 Å². The van der Waals surface area contributed by atoms with E-state index in [2.05, 4.69) is 4.90 Å². The van der Waals surface area contributed by atoms with Crippen LogP contribution in [-0.2, 0) is 4.79 Å². The normalized spacial score (nSPS) is 19.1. The van der Waals surface area contributed by atoms with Gasteiger partial charge in [-0.3, -0.25) is 4.79 Å². The number of carbonyl (C=O) groups excluding carboxylic acids is 1. The molecule has 0 unspecified atom stereocenters. The summed E-state index contributed by atoms with van der Waals surface area (Å²) >= 11 is 7.70. The molecule has 0 N–H and O–H groups in total. The summed E-state index contributed by atoms with van der Waals surface area (Å²) in [6.45, 7) is 3.00. The topological polar surface area (TPSA) is 54.9 Å². The largest absolute Gasteiger partial charge is 0.485 e. The number of nitrogens with zero attached hydrogens (tertiary/aromatic N) is 3. The number of anilines is 1. The van der Waals surface area contributed by atoms with Crippen molar-refractivity contribution in [3.8, 4) is 11.5 Å². The fraction of sp³-hybridized carbons (Fsp3) is 0.300. The molecule has 3 aromatic rings. The first-order valence-corrected chi connectivity index (χ1v) is 10.4. The smallest absolute Gasteiger partial charge is 0.267 e. The van der Waals surface area contributed by atoms with Crippen LogP contribution in [-0.4, -0.2) is 54.7 Å². The molecule has 1 saturated heterocycles. The molecule has 2 aromatic carbocycles. The third kappa shape index (κ3) is 3.25. The van der Waals surface area contributed by atoms with Crippen LogP contribution < -0.4 is 14.4 Å². The predicted molar refractivity (Wildman–Crippen MR) is 110 cm³/mol. The van der Waals surface area contributed by atoms with Gasteiger partial charge in [0.05, 0.1) is 10.2 Å². The molecule has 8 heteroatoms. The maximum absolute atomic E-state index is 12.9. The Morgan fingerprint density at radius 2 is 1.89 bits per heavy atom. The van der Waals surface area contributed by atoms with Gasteiger partial charge in [0.1, 0.15) is 6.61 Å². The zero-order valence-electron chi connectivity index (χ0n) is 15.0. The SMILES string of the molecule is O=C([C@H]1COc2ccccc2O1)N1CCN(c2nc3ccc(Cl)cc3s2)CC1. The van der Waals surface area contributed by atoms with Gasteiger partial charge in [0.2, 0.25) is 6.10 Å². The van der Waals surface area contributed by atoms with Crippen molar-refractivity contribution in [1.82, 2.24) is 9.88 Å². The number of thiazole rings is 1. The van der Waals surface area contributed by atoms with Crippen molar-refractivity contribution in [2.24, 2.45) is 0 Å². The Balaban J connectivity index is 1.23. The quantitative estimate of drug-likeness (QED) is 0.641. The summed E-state index contributed by atoms with van der Waals surface area (Å²) in [7, 11) is 0. The lowest BCUT2D eigenvalue weighted by atomic mass is 10.2. The van der Waals surface area contributed by atoms with Gasteiger partial charge >= 0.3 is 0 Å². The van der Waals surface area contributed by atoms with Crippen molar-refractivity contribution in [2.45, 2.75) is 6.10 Å². The van der Waals surface area contributed by atoms with Gasteiger partial charge in [-0.15, -0.1) is 0 Å². The van der Waals surface area contributed by atoms with Crippen LogP contribution in [0.15, 0.2) is 42.5 Å². The summed E-state index contributed by atoms with van der Waals surface area (Å²) in [4.78, 5) is 21.6. The third-order valence-corrected chi connectivity index (χ3v) is 6.30. The number of para-hydroxylation sites is 2. The van der Waals surface area contributed by atoms with E-state index >= 15 is 0 Å². The fourth-order valence-electron chi connectivity index (χ4n) is 3.48. The molecule has 2 aliphatic rings. The first-order chi connectivity index (χ1) is 13.7. The van der Waals surface area contributed by atoms with Crippen LogP contribution in [0.5, 0.6) is 11.5 Å². The number of hydrogen-bond acceptors (Lipinski definition) is 6. The lowest BCUT2D eigenvalue weighted by Crippen LogP contribution is -2.54. The highest BCUT2D eigenvalue weighted by Gasteiger charge is 2.33. The summed E-state index contributed by atoms with van der Waals surface area (Å²) in [5, 5.41) is 1.69. The van der Waals surface area contributed by atoms with Gasteiger partial charge in [0, 0.05) is 31.2 Å². The minimum atomic E-state index is -0.592. The average molecular weight is 416 g/mol. The summed E-state index contributed by atoms with van der Waals surface area (Å²) in [6, 6.07) is 13.2. The molecule has 0 radical (unpaired) electrons. The Morgan fingerprint density at radius 3 is 2.71 bits per heavy atom. The summed E-state index contributed by atoms with van der Waals surface area (Å²) in [5.74, 6) is 1.29. The molecular formula is C20H18ClN3O3S. The number of ether oxygens (including phenoxy) is 2. The number of carbonyl (C=O) groups is 1.